The SMILES string of the molecule is Cc1ccc(NC(=O)CN(C)C(=O)C(C(C)C)S(=O)(=O)C2CCCCC2)cc1. The van der Waals surface area contributed by atoms with Gasteiger partial charge in [0.15, 0.2) is 9.84 Å². The van der Waals surface area contributed by atoms with Crippen molar-refractivity contribution in [2.75, 3.05) is 18.9 Å². The largest absolute Gasteiger partial charge is 0.335 e. The van der Waals surface area contributed by atoms with Crippen LogP contribution in [0.1, 0.15) is 51.5 Å². The molecule has 1 aromatic rings. The molecule has 1 aromatic carbocycles. The molecule has 0 saturated heterocycles. The van der Waals surface area contributed by atoms with E-state index in [4.69, 9.17) is 0 Å². The van der Waals surface area contributed by atoms with Crippen LogP contribution in [0.4, 0.5) is 5.69 Å². The number of rotatable bonds is 7. The van der Waals surface area contributed by atoms with Crippen molar-refractivity contribution < 1.29 is 18.0 Å². The van der Waals surface area contributed by atoms with Gasteiger partial charge in [0.2, 0.25) is 11.8 Å². The van der Waals surface area contributed by atoms with Gasteiger partial charge < -0.3 is 10.2 Å². The van der Waals surface area contributed by atoms with Crippen molar-refractivity contribution in [2.45, 2.75) is 63.4 Å². The van der Waals surface area contributed by atoms with Crippen LogP contribution in [0, 0.1) is 12.8 Å². The minimum atomic E-state index is -3.59. The van der Waals surface area contributed by atoms with Crippen molar-refractivity contribution in [3.05, 3.63) is 29.8 Å². The van der Waals surface area contributed by atoms with Gasteiger partial charge in [0.25, 0.3) is 0 Å². The molecule has 1 atom stereocenters. The van der Waals surface area contributed by atoms with E-state index in [0.29, 0.717) is 18.5 Å². The number of nitrogens with zero attached hydrogens (tertiary/aromatic N) is 1. The summed E-state index contributed by atoms with van der Waals surface area (Å²) in [6.07, 6.45) is 4.06. The molecule has 1 aliphatic carbocycles. The zero-order valence-electron chi connectivity index (χ0n) is 17.3. The fourth-order valence-electron chi connectivity index (χ4n) is 3.75. The Labute approximate surface area is 168 Å². The van der Waals surface area contributed by atoms with Crippen LogP contribution in [0.2, 0.25) is 0 Å². The highest BCUT2D eigenvalue weighted by molar-refractivity contribution is 7.93. The van der Waals surface area contributed by atoms with Crippen LogP contribution in [0.15, 0.2) is 24.3 Å². The van der Waals surface area contributed by atoms with Crippen molar-refractivity contribution in [1.29, 1.82) is 0 Å². The minimum absolute atomic E-state index is 0.184. The predicted molar refractivity (Wildman–Crippen MR) is 112 cm³/mol. The lowest BCUT2D eigenvalue weighted by atomic mass is 10.0. The molecule has 2 rings (SSSR count). The molecular formula is C21H32N2O4S. The molecule has 1 N–H and O–H groups in total. The summed E-state index contributed by atoms with van der Waals surface area (Å²) in [4.78, 5) is 26.5. The topological polar surface area (TPSA) is 83.6 Å². The number of hydrogen-bond donors (Lipinski definition) is 1. The number of benzene rings is 1. The fourth-order valence-corrected chi connectivity index (χ4v) is 6.38. The van der Waals surface area contributed by atoms with Gasteiger partial charge in [-0.05, 0) is 37.8 Å². The number of sulfone groups is 1. The Hall–Kier alpha value is -1.89. The van der Waals surface area contributed by atoms with Crippen LogP contribution in [0.25, 0.3) is 0 Å². The van der Waals surface area contributed by atoms with Gasteiger partial charge in [0, 0.05) is 12.7 Å². The first kappa shape index (κ1) is 22.4. The Morgan fingerprint density at radius 1 is 1.11 bits per heavy atom. The molecule has 0 bridgehead atoms. The van der Waals surface area contributed by atoms with E-state index in [1.807, 2.05) is 19.1 Å². The summed E-state index contributed by atoms with van der Waals surface area (Å²) in [7, 11) is -2.10. The van der Waals surface area contributed by atoms with Crippen LogP contribution in [-0.2, 0) is 19.4 Å². The molecule has 1 aliphatic rings. The van der Waals surface area contributed by atoms with Crippen molar-refractivity contribution in [3.63, 3.8) is 0 Å². The zero-order valence-corrected chi connectivity index (χ0v) is 18.1. The molecule has 1 saturated carbocycles. The summed E-state index contributed by atoms with van der Waals surface area (Å²) in [5.74, 6) is -1.20. The normalized spacial score (nSPS) is 16.6. The lowest BCUT2D eigenvalue weighted by molar-refractivity contribution is -0.133. The summed E-state index contributed by atoms with van der Waals surface area (Å²) < 4.78 is 26.3. The van der Waals surface area contributed by atoms with Crippen LogP contribution in [0.5, 0.6) is 0 Å². The molecular weight excluding hydrogens is 376 g/mol. The lowest BCUT2D eigenvalue weighted by Crippen LogP contribution is -2.49. The highest BCUT2D eigenvalue weighted by Gasteiger charge is 2.42. The molecule has 0 radical (unpaired) electrons. The maximum atomic E-state index is 13.1. The average molecular weight is 409 g/mol. The monoisotopic (exact) mass is 408 g/mol. The van der Waals surface area contributed by atoms with Gasteiger partial charge in [-0.15, -0.1) is 0 Å². The number of nitrogens with one attached hydrogen (secondary N) is 1. The second-order valence-corrected chi connectivity index (χ2v) is 10.5. The Morgan fingerprint density at radius 2 is 1.68 bits per heavy atom. The number of hydrogen-bond acceptors (Lipinski definition) is 4. The number of anilines is 1. The first-order valence-corrected chi connectivity index (χ1v) is 11.6. The quantitative estimate of drug-likeness (QED) is 0.751. The van der Waals surface area contributed by atoms with Crippen molar-refractivity contribution in [3.8, 4) is 0 Å². The Balaban J connectivity index is 2.06. The molecule has 6 nitrogen and oxygen atoms in total. The first-order valence-electron chi connectivity index (χ1n) is 9.97. The third kappa shape index (κ3) is 5.56. The summed E-state index contributed by atoms with van der Waals surface area (Å²) in [6, 6.07) is 7.35. The molecule has 0 spiro atoms. The van der Waals surface area contributed by atoms with Crippen molar-refractivity contribution >= 4 is 27.3 Å². The molecule has 28 heavy (non-hydrogen) atoms. The number of likely N-dealkylation sites (N-methyl/N-ethyl adjacent to an activating group) is 1. The van der Waals surface area contributed by atoms with E-state index in [9.17, 15) is 18.0 Å². The minimum Gasteiger partial charge on any atom is -0.335 e. The Kier molecular flexibility index (Phi) is 7.63. The summed E-state index contributed by atoms with van der Waals surface area (Å²) in [5.41, 5.74) is 1.73. The zero-order chi connectivity index (χ0) is 20.9. The third-order valence-corrected chi connectivity index (χ3v) is 8.17. The molecule has 0 heterocycles. The molecule has 2 amide bonds. The van der Waals surface area contributed by atoms with Crippen LogP contribution in [0.3, 0.4) is 0 Å². The predicted octanol–water partition coefficient (Wildman–Crippen LogP) is 3.16. The molecule has 156 valence electrons. The highest BCUT2D eigenvalue weighted by atomic mass is 32.2. The van der Waals surface area contributed by atoms with E-state index in [-0.39, 0.29) is 18.4 Å². The van der Waals surface area contributed by atoms with Gasteiger partial charge >= 0.3 is 0 Å². The van der Waals surface area contributed by atoms with Gasteiger partial charge in [0.05, 0.1) is 11.8 Å². The number of carbonyl (C=O) groups excluding carboxylic acids is 2. The second kappa shape index (κ2) is 9.54. The maximum absolute atomic E-state index is 13.1. The first-order chi connectivity index (χ1) is 13.1. The van der Waals surface area contributed by atoms with Gasteiger partial charge in [0.1, 0.15) is 5.25 Å². The number of amides is 2. The van der Waals surface area contributed by atoms with Crippen LogP contribution in [-0.4, -0.2) is 49.2 Å². The van der Waals surface area contributed by atoms with Crippen LogP contribution >= 0.6 is 0 Å². The van der Waals surface area contributed by atoms with E-state index in [1.165, 1.54) is 11.9 Å². The molecule has 1 fully saturated rings. The van der Waals surface area contributed by atoms with Crippen molar-refractivity contribution in [2.24, 2.45) is 5.92 Å². The van der Waals surface area contributed by atoms with E-state index in [1.54, 1.807) is 26.0 Å². The summed E-state index contributed by atoms with van der Waals surface area (Å²) in [6.45, 7) is 5.28. The summed E-state index contributed by atoms with van der Waals surface area (Å²) >= 11 is 0. The Morgan fingerprint density at radius 3 is 2.21 bits per heavy atom. The van der Waals surface area contributed by atoms with Gasteiger partial charge in [-0.2, -0.15) is 0 Å². The average Bonchev–Trinajstić information content (AvgIpc) is 2.63. The Bertz CT molecular complexity index is 781. The molecule has 0 aliphatic heterocycles. The standard InChI is InChI=1S/C21H32N2O4S/c1-15(2)20(28(26,27)18-8-6-5-7-9-18)21(25)23(4)14-19(24)22-17-12-10-16(3)11-13-17/h10-13,15,18,20H,5-9,14H2,1-4H3,(H,22,24). The van der Waals surface area contributed by atoms with Gasteiger partial charge in [-0.1, -0.05) is 50.8 Å². The third-order valence-electron chi connectivity index (χ3n) is 5.31. The summed E-state index contributed by atoms with van der Waals surface area (Å²) in [5, 5.41) is 1.19. The molecule has 1 unspecified atom stereocenters. The molecule has 0 aromatic heterocycles. The van der Waals surface area contributed by atoms with E-state index >= 15 is 0 Å². The number of carbonyl (C=O) groups is 2. The van der Waals surface area contributed by atoms with E-state index < -0.39 is 26.2 Å². The highest BCUT2D eigenvalue weighted by Crippen LogP contribution is 2.29. The van der Waals surface area contributed by atoms with E-state index in [2.05, 4.69) is 5.32 Å². The smallest absolute Gasteiger partial charge is 0.243 e. The lowest BCUT2D eigenvalue weighted by Gasteiger charge is -2.31. The van der Waals surface area contributed by atoms with Gasteiger partial charge in [-0.3, -0.25) is 9.59 Å². The van der Waals surface area contributed by atoms with E-state index in [0.717, 1.165) is 24.8 Å². The van der Waals surface area contributed by atoms with Crippen molar-refractivity contribution in [1.82, 2.24) is 4.90 Å². The maximum Gasteiger partial charge on any atom is 0.243 e. The van der Waals surface area contributed by atoms with Crippen LogP contribution < -0.4 is 5.32 Å². The fraction of sp³-hybridized carbons (Fsp3) is 0.619. The number of aryl methyl sites for hydroxylation is 1. The molecule has 7 heteroatoms. The second-order valence-electron chi connectivity index (χ2n) is 8.12. The van der Waals surface area contributed by atoms with Gasteiger partial charge in [-0.25, -0.2) is 8.42 Å².